The molecule has 0 amide bonds. The fourth-order valence-electron chi connectivity index (χ4n) is 1.06. The summed E-state index contributed by atoms with van der Waals surface area (Å²) in [6.07, 6.45) is 0.676. The Morgan fingerprint density at radius 1 is 1.31 bits per heavy atom. The van der Waals surface area contributed by atoms with E-state index in [1.54, 1.807) is 0 Å². The first-order chi connectivity index (χ1) is 6.15. The van der Waals surface area contributed by atoms with Crippen molar-refractivity contribution in [1.29, 1.82) is 0 Å². The molecule has 0 spiro atoms. The monoisotopic (exact) mass is 175 g/mol. The molecule has 0 radical (unpaired) electrons. The van der Waals surface area contributed by atoms with Crippen molar-refractivity contribution < 1.29 is 4.79 Å². The second kappa shape index (κ2) is 3.90. The molecule has 0 fully saturated rings. The topological polar surface area (TPSA) is 43.1 Å². The van der Waals surface area contributed by atoms with Crippen LogP contribution in [0.5, 0.6) is 0 Å². The molecule has 68 valence electrons. The van der Waals surface area contributed by atoms with E-state index in [1.807, 2.05) is 38.1 Å². The van der Waals surface area contributed by atoms with Crippen LogP contribution in [0.3, 0.4) is 0 Å². The van der Waals surface area contributed by atoms with E-state index in [4.69, 9.17) is 5.73 Å². The maximum atomic E-state index is 10.4. The van der Waals surface area contributed by atoms with E-state index < -0.39 is 0 Å². The number of nitrogens with two attached hydrogens (primary N) is 1. The van der Waals surface area contributed by atoms with E-state index >= 15 is 0 Å². The molecule has 0 heterocycles. The van der Waals surface area contributed by atoms with Crippen LogP contribution < -0.4 is 5.73 Å². The first-order valence-electron chi connectivity index (χ1n) is 4.13. The Morgan fingerprint density at radius 3 is 2.31 bits per heavy atom. The van der Waals surface area contributed by atoms with E-state index in [9.17, 15) is 4.79 Å². The van der Waals surface area contributed by atoms with Gasteiger partial charge in [-0.1, -0.05) is 29.8 Å². The van der Waals surface area contributed by atoms with Gasteiger partial charge in [0.15, 0.2) is 6.29 Å². The maximum absolute atomic E-state index is 10.4. The van der Waals surface area contributed by atoms with Crippen LogP contribution in [0.4, 0.5) is 0 Å². The van der Waals surface area contributed by atoms with Crippen LogP contribution in [0.15, 0.2) is 30.0 Å². The molecule has 13 heavy (non-hydrogen) atoms. The summed E-state index contributed by atoms with van der Waals surface area (Å²) in [4.78, 5) is 10.4. The lowest BCUT2D eigenvalue weighted by molar-refractivity contribution is -0.104. The Hall–Kier alpha value is -1.57. The number of hydrogen-bond acceptors (Lipinski definition) is 2. The average Bonchev–Trinajstić information content (AvgIpc) is 2.17. The third-order valence-electron chi connectivity index (χ3n) is 2.04. The Kier molecular flexibility index (Phi) is 2.85. The predicted octanol–water partition coefficient (Wildman–Crippen LogP) is 1.88. The van der Waals surface area contributed by atoms with Gasteiger partial charge in [0.1, 0.15) is 0 Å². The molecule has 1 aromatic rings. The van der Waals surface area contributed by atoms with Gasteiger partial charge in [-0.3, -0.25) is 4.79 Å². The van der Waals surface area contributed by atoms with Gasteiger partial charge in [0.2, 0.25) is 0 Å². The minimum Gasteiger partial charge on any atom is -0.396 e. The van der Waals surface area contributed by atoms with Crippen molar-refractivity contribution in [2.45, 2.75) is 13.8 Å². The highest BCUT2D eigenvalue weighted by Crippen LogP contribution is 2.15. The Labute approximate surface area is 78.1 Å². The van der Waals surface area contributed by atoms with Crippen molar-refractivity contribution in [3.8, 4) is 0 Å². The van der Waals surface area contributed by atoms with Crippen molar-refractivity contribution in [2.75, 3.05) is 0 Å². The minimum atomic E-state index is 0.295. The summed E-state index contributed by atoms with van der Waals surface area (Å²) in [5, 5.41) is 0. The third kappa shape index (κ3) is 2.18. The third-order valence-corrected chi connectivity index (χ3v) is 2.04. The highest BCUT2D eigenvalue weighted by atomic mass is 16.1. The van der Waals surface area contributed by atoms with Crippen molar-refractivity contribution >= 4 is 11.9 Å². The number of rotatable bonds is 2. The molecule has 0 unspecified atom stereocenters. The number of allylic oxidation sites excluding steroid dienone is 2. The van der Waals surface area contributed by atoms with Gasteiger partial charge in [-0.2, -0.15) is 0 Å². The Balaban J connectivity index is 3.09. The number of hydrogen-bond donors (Lipinski definition) is 1. The minimum absolute atomic E-state index is 0.295. The molecule has 2 N–H and O–H groups in total. The lowest BCUT2D eigenvalue weighted by Gasteiger charge is -2.02. The molecule has 0 aromatic heterocycles. The van der Waals surface area contributed by atoms with Crippen molar-refractivity contribution in [3.63, 3.8) is 0 Å². The Morgan fingerprint density at radius 2 is 1.85 bits per heavy atom. The van der Waals surface area contributed by atoms with Crippen LogP contribution in [-0.2, 0) is 4.79 Å². The molecule has 0 atom stereocenters. The van der Waals surface area contributed by atoms with E-state index in [-0.39, 0.29) is 0 Å². The first kappa shape index (κ1) is 9.52. The molecule has 0 saturated carbocycles. The smallest absolute Gasteiger partial charge is 0.165 e. The van der Waals surface area contributed by atoms with E-state index in [0.29, 0.717) is 12.0 Å². The van der Waals surface area contributed by atoms with E-state index in [1.165, 1.54) is 5.56 Å². The quantitative estimate of drug-likeness (QED) is 0.551. The lowest BCUT2D eigenvalue weighted by atomic mass is 10.0. The zero-order valence-electron chi connectivity index (χ0n) is 7.87. The molecule has 0 bridgehead atoms. The number of aryl methyl sites for hydroxylation is 1. The lowest BCUT2D eigenvalue weighted by Crippen LogP contribution is -2.01. The molecular weight excluding hydrogens is 162 g/mol. The van der Waals surface area contributed by atoms with E-state index in [2.05, 4.69) is 0 Å². The van der Waals surface area contributed by atoms with Crippen LogP contribution in [0, 0.1) is 6.92 Å². The average molecular weight is 175 g/mol. The van der Waals surface area contributed by atoms with Crippen LogP contribution in [0.25, 0.3) is 5.57 Å². The van der Waals surface area contributed by atoms with Gasteiger partial charge < -0.3 is 5.73 Å². The highest BCUT2D eigenvalue weighted by molar-refractivity contribution is 5.86. The zero-order chi connectivity index (χ0) is 9.84. The second-order valence-corrected chi connectivity index (χ2v) is 3.06. The fourth-order valence-corrected chi connectivity index (χ4v) is 1.06. The summed E-state index contributed by atoms with van der Waals surface area (Å²) in [5.74, 6) is 0. The Bertz CT molecular complexity index is 336. The summed E-state index contributed by atoms with van der Waals surface area (Å²) >= 11 is 0. The van der Waals surface area contributed by atoms with Gasteiger partial charge >= 0.3 is 0 Å². The van der Waals surface area contributed by atoms with E-state index in [0.717, 1.165) is 11.1 Å². The standard InChI is InChI=1S/C11H13NO/c1-8-3-5-10(6-4-8)9(2)11(12)7-13/h3-7H,12H2,1-2H3. The van der Waals surface area contributed by atoms with Crippen LogP contribution in [0.2, 0.25) is 0 Å². The van der Waals surface area contributed by atoms with Crippen LogP contribution >= 0.6 is 0 Å². The van der Waals surface area contributed by atoms with Gasteiger partial charge in [0, 0.05) is 0 Å². The fraction of sp³-hybridized carbons (Fsp3) is 0.182. The van der Waals surface area contributed by atoms with Gasteiger partial charge in [-0.25, -0.2) is 0 Å². The summed E-state index contributed by atoms with van der Waals surface area (Å²) in [5.41, 5.74) is 8.81. The molecule has 2 nitrogen and oxygen atoms in total. The molecule has 2 heteroatoms. The molecule has 1 aromatic carbocycles. The van der Waals surface area contributed by atoms with Gasteiger partial charge in [0.05, 0.1) is 5.70 Å². The maximum Gasteiger partial charge on any atom is 0.165 e. The first-order valence-corrected chi connectivity index (χ1v) is 4.13. The molecule has 0 aliphatic heterocycles. The van der Waals surface area contributed by atoms with Gasteiger partial charge in [0.25, 0.3) is 0 Å². The summed E-state index contributed by atoms with van der Waals surface area (Å²) < 4.78 is 0. The predicted molar refractivity (Wildman–Crippen MR) is 54.0 cm³/mol. The number of carbonyl (C=O) groups excluding carboxylic acids is 1. The molecule has 0 saturated heterocycles. The number of carbonyl (C=O) groups is 1. The normalized spacial score (nSPS) is 12.2. The number of aldehydes is 1. The van der Waals surface area contributed by atoms with Crippen molar-refractivity contribution in [2.24, 2.45) is 5.73 Å². The largest absolute Gasteiger partial charge is 0.396 e. The highest BCUT2D eigenvalue weighted by Gasteiger charge is 1.99. The van der Waals surface area contributed by atoms with Crippen LogP contribution in [-0.4, -0.2) is 6.29 Å². The summed E-state index contributed by atoms with van der Waals surface area (Å²) in [7, 11) is 0. The molecule has 0 aliphatic rings. The van der Waals surface area contributed by atoms with Crippen LogP contribution in [0.1, 0.15) is 18.1 Å². The van der Waals surface area contributed by atoms with Crippen molar-refractivity contribution in [3.05, 3.63) is 41.1 Å². The van der Waals surface area contributed by atoms with Gasteiger partial charge in [-0.15, -0.1) is 0 Å². The summed E-state index contributed by atoms with van der Waals surface area (Å²) in [6, 6.07) is 7.91. The summed E-state index contributed by atoms with van der Waals surface area (Å²) in [6.45, 7) is 3.86. The van der Waals surface area contributed by atoms with Gasteiger partial charge in [-0.05, 0) is 25.0 Å². The zero-order valence-corrected chi connectivity index (χ0v) is 7.87. The van der Waals surface area contributed by atoms with Crippen molar-refractivity contribution in [1.82, 2.24) is 0 Å². The SMILES string of the molecule is CC(=C(N)C=O)c1ccc(C)cc1. The second-order valence-electron chi connectivity index (χ2n) is 3.06. The number of benzene rings is 1. The molecule has 0 aliphatic carbocycles. The molecular formula is C11H13NO. The molecule has 1 rings (SSSR count).